The zero-order valence-corrected chi connectivity index (χ0v) is 25.2. The van der Waals surface area contributed by atoms with Crippen molar-refractivity contribution in [3.05, 3.63) is 59.7 Å². The Morgan fingerprint density at radius 2 is 1.85 bits per heavy atom. The molecule has 4 heterocycles. The van der Waals surface area contributed by atoms with Crippen molar-refractivity contribution in [1.82, 2.24) is 29.5 Å². The Bertz CT molecular complexity index is 1880. The van der Waals surface area contributed by atoms with E-state index in [1.165, 1.54) is 30.1 Å². The quantitative estimate of drug-likeness (QED) is 0.215. The lowest BCUT2D eigenvalue weighted by molar-refractivity contribution is -0.140. The number of imidazole rings is 1. The van der Waals surface area contributed by atoms with Crippen molar-refractivity contribution in [2.24, 2.45) is 0 Å². The van der Waals surface area contributed by atoms with Gasteiger partial charge in [-0.25, -0.2) is 29.3 Å². The summed E-state index contributed by atoms with van der Waals surface area (Å²) in [7, 11) is 1.53. The van der Waals surface area contributed by atoms with Crippen LogP contribution in [0.1, 0.15) is 74.4 Å². The summed E-state index contributed by atoms with van der Waals surface area (Å²) < 4.78 is 63.3. The van der Waals surface area contributed by atoms with Crippen molar-refractivity contribution in [3.8, 4) is 28.7 Å². The highest BCUT2D eigenvalue weighted by atomic mass is 19.4. The number of rotatable bonds is 8. The van der Waals surface area contributed by atoms with Gasteiger partial charge in [0.05, 0.1) is 24.6 Å². The summed E-state index contributed by atoms with van der Waals surface area (Å²) in [5.41, 5.74) is 0.613. The molecule has 10 nitrogen and oxygen atoms in total. The van der Waals surface area contributed by atoms with Gasteiger partial charge in [0.25, 0.3) is 5.91 Å². The van der Waals surface area contributed by atoms with Crippen LogP contribution in [0.5, 0.6) is 5.88 Å². The largest absolute Gasteiger partial charge is 0.480 e. The third-order valence-electron chi connectivity index (χ3n) is 9.30. The van der Waals surface area contributed by atoms with E-state index in [1.807, 2.05) is 11.8 Å². The molecule has 0 radical (unpaired) electrons. The van der Waals surface area contributed by atoms with Crippen molar-refractivity contribution >= 4 is 17.4 Å². The number of carbonyl (C=O) groups excluding carboxylic acids is 1. The molecule has 238 valence electrons. The summed E-state index contributed by atoms with van der Waals surface area (Å²) in [4.78, 5) is 39.7. The number of amides is 1. The summed E-state index contributed by atoms with van der Waals surface area (Å²) in [5.74, 6) is 0.721. The fourth-order valence-electron chi connectivity index (χ4n) is 6.49. The fraction of sp³-hybridized carbons (Fsp3) is 0.438. The molecule has 3 fully saturated rings. The van der Waals surface area contributed by atoms with Gasteiger partial charge in [-0.15, -0.1) is 0 Å². The van der Waals surface area contributed by atoms with Gasteiger partial charge in [0.1, 0.15) is 34.8 Å². The van der Waals surface area contributed by atoms with Crippen molar-refractivity contribution in [3.63, 3.8) is 0 Å². The molecule has 3 saturated carbocycles. The Morgan fingerprint density at radius 3 is 2.48 bits per heavy atom. The van der Waals surface area contributed by atoms with Crippen molar-refractivity contribution < 1.29 is 27.1 Å². The van der Waals surface area contributed by atoms with E-state index in [0.717, 1.165) is 24.7 Å². The highest BCUT2D eigenvalue weighted by Gasteiger charge is 2.60. The second-order valence-electron chi connectivity index (χ2n) is 12.4. The van der Waals surface area contributed by atoms with Gasteiger partial charge in [0, 0.05) is 31.2 Å². The lowest BCUT2D eigenvalue weighted by atomic mass is 10.0. The number of benzene rings is 1. The van der Waals surface area contributed by atoms with Crippen LogP contribution in [-0.4, -0.2) is 54.6 Å². The Kier molecular flexibility index (Phi) is 6.39. The number of methoxy groups -OCH3 is 1. The SMILES string of the molecule is CCN1C(=O)C2(CC2)N(Cc2ccc(-c3nc(C(F)(F)F)cn3C3CC3)c(F)c2)c2nc(-c3c(OC)ncnc3C3CC3)ncc21. The monoisotopic (exact) mass is 634 g/mol. The number of halogens is 4. The normalized spacial score (nSPS) is 18.7. The molecule has 1 aromatic carbocycles. The van der Waals surface area contributed by atoms with Crippen LogP contribution in [-0.2, 0) is 17.5 Å². The van der Waals surface area contributed by atoms with Crippen molar-refractivity contribution in [2.75, 3.05) is 23.5 Å². The minimum Gasteiger partial charge on any atom is -0.480 e. The number of anilines is 2. The van der Waals surface area contributed by atoms with Gasteiger partial charge in [-0.2, -0.15) is 13.2 Å². The Hall–Kier alpha value is -4.62. The topological polar surface area (TPSA) is 102 Å². The smallest absolute Gasteiger partial charge is 0.434 e. The highest BCUT2D eigenvalue weighted by Crippen LogP contribution is 2.53. The summed E-state index contributed by atoms with van der Waals surface area (Å²) >= 11 is 0. The summed E-state index contributed by atoms with van der Waals surface area (Å²) in [6, 6.07) is 4.32. The van der Waals surface area contributed by atoms with Gasteiger partial charge in [-0.3, -0.25) is 4.79 Å². The predicted octanol–water partition coefficient (Wildman–Crippen LogP) is 6.08. The molecule has 0 bridgehead atoms. The van der Waals surface area contributed by atoms with Crippen LogP contribution in [0.2, 0.25) is 0 Å². The van der Waals surface area contributed by atoms with E-state index in [9.17, 15) is 18.0 Å². The Balaban J connectivity index is 1.20. The molecule has 46 heavy (non-hydrogen) atoms. The fourth-order valence-corrected chi connectivity index (χ4v) is 6.49. The first-order chi connectivity index (χ1) is 22.1. The van der Waals surface area contributed by atoms with Crippen LogP contribution in [0.15, 0.2) is 36.9 Å². The number of fused-ring (bicyclic) bond motifs is 1. The van der Waals surface area contributed by atoms with Crippen LogP contribution >= 0.6 is 0 Å². The molecule has 3 aromatic heterocycles. The van der Waals surface area contributed by atoms with E-state index >= 15 is 4.39 Å². The number of likely N-dealkylation sites (N-methyl/N-ethyl adjacent to an activating group) is 1. The van der Waals surface area contributed by atoms with Gasteiger partial charge < -0.3 is 19.1 Å². The molecule has 1 spiro atoms. The summed E-state index contributed by atoms with van der Waals surface area (Å²) in [6.45, 7) is 2.46. The molecule has 4 aliphatic rings. The lowest BCUT2D eigenvalue weighted by Gasteiger charge is -2.42. The van der Waals surface area contributed by atoms with E-state index in [4.69, 9.17) is 9.72 Å². The maximum absolute atomic E-state index is 15.8. The Morgan fingerprint density at radius 1 is 1.07 bits per heavy atom. The van der Waals surface area contributed by atoms with Crippen LogP contribution in [0.4, 0.5) is 29.1 Å². The molecule has 0 saturated heterocycles. The van der Waals surface area contributed by atoms with Gasteiger partial charge in [0.15, 0.2) is 17.3 Å². The van der Waals surface area contributed by atoms with Gasteiger partial charge in [-0.1, -0.05) is 6.07 Å². The Labute approximate surface area is 261 Å². The molecule has 14 heteroatoms. The summed E-state index contributed by atoms with van der Waals surface area (Å²) in [6.07, 6.45) is 4.04. The first kappa shape index (κ1) is 28.8. The molecule has 0 unspecified atom stereocenters. The van der Waals surface area contributed by atoms with E-state index < -0.39 is 23.2 Å². The van der Waals surface area contributed by atoms with E-state index in [0.29, 0.717) is 66.6 Å². The number of aromatic nitrogens is 6. The number of carbonyl (C=O) groups is 1. The van der Waals surface area contributed by atoms with Gasteiger partial charge in [-0.05, 0) is 63.1 Å². The third-order valence-corrected chi connectivity index (χ3v) is 9.30. The number of nitrogens with zero attached hydrogens (tertiary/aromatic N) is 8. The predicted molar refractivity (Wildman–Crippen MR) is 159 cm³/mol. The number of hydrogen-bond acceptors (Lipinski definition) is 8. The zero-order valence-electron chi connectivity index (χ0n) is 25.2. The highest BCUT2D eigenvalue weighted by molar-refractivity contribution is 6.09. The maximum Gasteiger partial charge on any atom is 0.434 e. The molecular weight excluding hydrogens is 604 g/mol. The minimum absolute atomic E-state index is 0.00652. The van der Waals surface area contributed by atoms with Crippen LogP contribution in [0, 0.1) is 5.82 Å². The molecule has 1 aliphatic heterocycles. The van der Waals surface area contributed by atoms with Crippen LogP contribution in [0.25, 0.3) is 22.8 Å². The number of alkyl halides is 3. The maximum atomic E-state index is 15.8. The van der Waals surface area contributed by atoms with Crippen LogP contribution in [0.3, 0.4) is 0 Å². The second-order valence-corrected chi connectivity index (χ2v) is 12.4. The lowest BCUT2D eigenvalue weighted by Crippen LogP contribution is -2.55. The first-order valence-corrected chi connectivity index (χ1v) is 15.4. The molecule has 3 aliphatic carbocycles. The standard InChI is InChI=1S/C32H30F4N8O2/c1-3-42-22-13-37-26(24-25(18-5-6-18)38-16-39-29(24)46-2)41-28(22)44(31(10-11-31)30(42)45)14-17-4-9-20(21(33)12-17)27-40-23(32(34,35)36)15-43(27)19-7-8-19/h4,9,12-13,15-16,18-19H,3,5-8,10-11,14H2,1-2H3. The molecule has 0 N–H and O–H groups in total. The minimum atomic E-state index is -4.64. The van der Waals surface area contributed by atoms with E-state index in [-0.39, 0.29) is 35.8 Å². The molecule has 0 atom stereocenters. The van der Waals surface area contributed by atoms with Crippen molar-refractivity contribution in [1.29, 1.82) is 0 Å². The molecular formula is C32H30F4N8O2. The van der Waals surface area contributed by atoms with E-state index in [2.05, 4.69) is 19.9 Å². The van der Waals surface area contributed by atoms with Gasteiger partial charge >= 0.3 is 6.18 Å². The number of hydrogen-bond donors (Lipinski definition) is 0. The molecule has 1 amide bonds. The molecule has 4 aromatic rings. The molecule has 8 rings (SSSR count). The first-order valence-electron chi connectivity index (χ1n) is 15.4. The second kappa shape index (κ2) is 10.2. The zero-order chi connectivity index (χ0) is 32.0. The third kappa shape index (κ3) is 4.59. The average Bonchev–Trinajstić information content (AvgIpc) is 3.92. The van der Waals surface area contributed by atoms with Gasteiger partial charge in [0.2, 0.25) is 5.88 Å². The summed E-state index contributed by atoms with van der Waals surface area (Å²) in [5, 5.41) is 0. The number of ether oxygens (including phenoxy) is 1. The van der Waals surface area contributed by atoms with Crippen LogP contribution < -0.4 is 14.5 Å². The van der Waals surface area contributed by atoms with Crippen molar-refractivity contribution in [2.45, 2.75) is 75.7 Å². The average molecular weight is 635 g/mol. The van der Waals surface area contributed by atoms with E-state index in [1.54, 1.807) is 17.2 Å².